The molecule has 0 N–H and O–H groups in total. The summed E-state index contributed by atoms with van der Waals surface area (Å²) in [7, 11) is 0. The molecule has 0 aromatic heterocycles. The highest BCUT2D eigenvalue weighted by atomic mass is 35.5. The Morgan fingerprint density at radius 3 is 1.00 bits per heavy atom. The lowest BCUT2D eigenvalue weighted by Gasteiger charge is -1.05. The van der Waals surface area contributed by atoms with E-state index in [4.69, 9.17) is 0 Å². The molecule has 0 nitrogen and oxygen atoms in total. The molecule has 0 aromatic rings. The molecule has 1 saturated carbocycles. The first kappa shape index (κ1) is 9.39. The summed E-state index contributed by atoms with van der Waals surface area (Å²) in [6.07, 6.45) is 4.50. The number of halogens is 1. The SMILES string of the molecule is C1CC1.C=C.Cl. The van der Waals surface area contributed by atoms with Gasteiger partial charge in [-0.3, -0.25) is 0 Å². The lowest BCUT2D eigenvalue weighted by molar-refractivity contribution is 1.50. The Labute approximate surface area is 45.7 Å². The molecule has 38 valence electrons. The highest BCUT2D eigenvalue weighted by Crippen LogP contribution is 2.14. The number of rotatable bonds is 0. The summed E-state index contributed by atoms with van der Waals surface area (Å²) in [5, 5.41) is 0. The first-order valence-electron chi connectivity index (χ1n) is 2.00. The van der Waals surface area contributed by atoms with Crippen molar-refractivity contribution in [2.45, 2.75) is 19.3 Å². The van der Waals surface area contributed by atoms with Crippen LogP contribution in [0.5, 0.6) is 0 Å². The van der Waals surface area contributed by atoms with Crippen LogP contribution < -0.4 is 0 Å². The molecule has 1 fully saturated rings. The standard InChI is InChI=1S/C3H6.C2H4.ClH/c1-2-3-1;1-2;/h1-3H2;1-2H2;1H. The van der Waals surface area contributed by atoms with Gasteiger partial charge in [0, 0.05) is 0 Å². The van der Waals surface area contributed by atoms with E-state index in [-0.39, 0.29) is 12.4 Å². The fourth-order valence-electron chi connectivity index (χ4n) is 0. The predicted molar refractivity (Wildman–Crippen MR) is 32.4 cm³/mol. The average Bonchev–Trinajstić information content (AvgIpc) is 2.19. The lowest BCUT2D eigenvalue weighted by atomic mass is 11.0. The fraction of sp³-hybridized carbons (Fsp3) is 0.600. The molecule has 0 radical (unpaired) electrons. The summed E-state index contributed by atoms with van der Waals surface area (Å²) in [5.74, 6) is 0. The third-order valence-electron chi connectivity index (χ3n) is 0.354. The lowest BCUT2D eigenvalue weighted by Crippen LogP contribution is -0.856. The van der Waals surface area contributed by atoms with E-state index in [1.165, 1.54) is 19.3 Å². The van der Waals surface area contributed by atoms with Crippen LogP contribution in [0.4, 0.5) is 0 Å². The maximum atomic E-state index is 3.00. The molecular weight excluding hydrogens is 95.5 g/mol. The van der Waals surface area contributed by atoms with E-state index in [0.29, 0.717) is 0 Å². The Bertz CT molecular complexity index is 15.1. The second kappa shape index (κ2) is 8.90. The molecule has 1 heteroatoms. The monoisotopic (exact) mass is 106 g/mol. The third kappa shape index (κ3) is 34.9. The Hall–Kier alpha value is 0.0300. The van der Waals surface area contributed by atoms with Gasteiger partial charge in [0.15, 0.2) is 0 Å². The summed E-state index contributed by atoms with van der Waals surface area (Å²) in [6.45, 7) is 6.00. The molecule has 0 bridgehead atoms. The quantitative estimate of drug-likeness (QED) is 0.416. The Balaban J connectivity index is 0. The van der Waals surface area contributed by atoms with Gasteiger partial charge in [0.2, 0.25) is 0 Å². The van der Waals surface area contributed by atoms with Crippen LogP contribution in [-0.4, -0.2) is 0 Å². The van der Waals surface area contributed by atoms with Gasteiger partial charge in [0.1, 0.15) is 0 Å². The summed E-state index contributed by atoms with van der Waals surface area (Å²) >= 11 is 0. The second-order valence-corrected chi connectivity index (χ2v) is 1.06. The van der Waals surface area contributed by atoms with Crippen molar-refractivity contribution in [1.82, 2.24) is 0 Å². The third-order valence-corrected chi connectivity index (χ3v) is 0.354. The minimum atomic E-state index is 0. The molecule has 0 amide bonds. The first-order chi connectivity index (χ1) is 2.50. The van der Waals surface area contributed by atoms with Gasteiger partial charge >= 0.3 is 0 Å². The summed E-state index contributed by atoms with van der Waals surface area (Å²) in [5.41, 5.74) is 0. The van der Waals surface area contributed by atoms with E-state index in [9.17, 15) is 0 Å². The van der Waals surface area contributed by atoms with Gasteiger partial charge in [-0.25, -0.2) is 0 Å². The van der Waals surface area contributed by atoms with Crippen molar-refractivity contribution in [1.29, 1.82) is 0 Å². The van der Waals surface area contributed by atoms with Gasteiger partial charge in [-0.1, -0.05) is 19.3 Å². The van der Waals surface area contributed by atoms with Crippen molar-refractivity contribution in [3.05, 3.63) is 13.2 Å². The minimum absolute atomic E-state index is 0. The van der Waals surface area contributed by atoms with Crippen LogP contribution >= 0.6 is 12.4 Å². The molecule has 0 unspecified atom stereocenters. The molecule has 6 heavy (non-hydrogen) atoms. The van der Waals surface area contributed by atoms with Crippen LogP contribution in [0, 0.1) is 0 Å². The fourth-order valence-corrected chi connectivity index (χ4v) is 0. The van der Waals surface area contributed by atoms with Crippen LogP contribution in [0.1, 0.15) is 19.3 Å². The zero-order valence-corrected chi connectivity index (χ0v) is 4.76. The smallest absolute Gasteiger partial charge is 0.0533 e. The maximum Gasteiger partial charge on any atom is -0.0533 e. The Morgan fingerprint density at radius 2 is 1.00 bits per heavy atom. The van der Waals surface area contributed by atoms with Crippen molar-refractivity contribution in [2.75, 3.05) is 0 Å². The van der Waals surface area contributed by atoms with Gasteiger partial charge in [0.05, 0.1) is 0 Å². The van der Waals surface area contributed by atoms with E-state index >= 15 is 0 Å². The van der Waals surface area contributed by atoms with Gasteiger partial charge in [0.25, 0.3) is 0 Å². The van der Waals surface area contributed by atoms with E-state index in [0.717, 1.165) is 0 Å². The molecule has 0 saturated heterocycles. The van der Waals surface area contributed by atoms with Gasteiger partial charge < -0.3 is 0 Å². The highest BCUT2D eigenvalue weighted by Gasteiger charge is 1.95. The molecule has 0 aromatic carbocycles. The predicted octanol–water partition coefficient (Wildman–Crippen LogP) is 2.39. The normalized spacial score (nSPS) is 12.7. The molecule has 1 aliphatic carbocycles. The van der Waals surface area contributed by atoms with Crippen LogP contribution in [0.15, 0.2) is 13.2 Å². The Kier molecular flexibility index (Phi) is 13.9. The van der Waals surface area contributed by atoms with E-state index in [2.05, 4.69) is 13.2 Å². The number of hydrogen-bond donors (Lipinski definition) is 0. The minimum Gasteiger partial charge on any atom is -0.147 e. The van der Waals surface area contributed by atoms with Crippen LogP contribution in [0.2, 0.25) is 0 Å². The summed E-state index contributed by atoms with van der Waals surface area (Å²) in [6, 6.07) is 0. The molecule has 0 spiro atoms. The molecular formula is C5H11Cl. The molecule has 1 aliphatic rings. The van der Waals surface area contributed by atoms with Crippen molar-refractivity contribution in [2.24, 2.45) is 0 Å². The summed E-state index contributed by atoms with van der Waals surface area (Å²) in [4.78, 5) is 0. The maximum absolute atomic E-state index is 3.00. The van der Waals surface area contributed by atoms with Crippen LogP contribution in [-0.2, 0) is 0 Å². The zero-order valence-electron chi connectivity index (χ0n) is 3.94. The molecule has 0 atom stereocenters. The summed E-state index contributed by atoms with van der Waals surface area (Å²) < 4.78 is 0. The van der Waals surface area contributed by atoms with Crippen molar-refractivity contribution in [3.63, 3.8) is 0 Å². The first-order valence-corrected chi connectivity index (χ1v) is 2.00. The molecule has 0 heterocycles. The largest absolute Gasteiger partial charge is 0.147 e. The van der Waals surface area contributed by atoms with E-state index in [1.54, 1.807) is 0 Å². The average molecular weight is 107 g/mol. The van der Waals surface area contributed by atoms with Crippen molar-refractivity contribution < 1.29 is 0 Å². The van der Waals surface area contributed by atoms with E-state index in [1.807, 2.05) is 0 Å². The van der Waals surface area contributed by atoms with E-state index < -0.39 is 0 Å². The second-order valence-electron chi connectivity index (χ2n) is 1.06. The van der Waals surface area contributed by atoms with Crippen molar-refractivity contribution >= 4 is 12.4 Å². The van der Waals surface area contributed by atoms with Crippen LogP contribution in [0.3, 0.4) is 0 Å². The van der Waals surface area contributed by atoms with Gasteiger partial charge in [-0.05, 0) is 0 Å². The Morgan fingerprint density at radius 1 is 0.833 bits per heavy atom. The molecule has 0 aliphatic heterocycles. The zero-order chi connectivity index (χ0) is 4.12. The molecule has 1 rings (SSSR count). The highest BCUT2D eigenvalue weighted by molar-refractivity contribution is 5.85. The van der Waals surface area contributed by atoms with Crippen LogP contribution in [0.25, 0.3) is 0 Å². The van der Waals surface area contributed by atoms with Gasteiger partial charge in [-0.2, -0.15) is 0 Å². The number of hydrogen-bond acceptors (Lipinski definition) is 0. The van der Waals surface area contributed by atoms with Gasteiger partial charge in [-0.15, -0.1) is 25.6 Å². The topological polar surface area (TPSA) is 0 Å². The van der Waals surface area contributed by atoms with Crippen molar-refractivity contribution in [3.8, 4) is 0 Å².